The van der Waals surface area contributed by atoms with E-state index in [0.29, 0.717) is 5.92 Å². The molecule has 0 aliphatic carbocycles. The number of piperidine rings is 1. The van der Waals surface area contributed by atoms with E-state index in [9.17, 15) is 5.11 Å². The molecular weight excluding hydrogens is 222 g/mol. The molecule has 2 nitrogen and oxygen atoms in total. The van der Waals surface area contributed by atoms with Gasteiger partial charge in [-0.2, -0.15) is 0 Å². The molecule has 0 spiro atoms. The Balaban J connectivity index is 2.18. The molecular formula is C16H25NO. The fourth-order valence-corrected chi connectivity index (χ4v) is 2.77. The van der Waals surface area contributed by atoms with Crippen molar-refractivity contribution in [1.29, 1.82) is 0 Å². The van der Waals surface area contributed by atoms with Crippen LogP contribution in [0.2, 0.25) is 0 Å². The fourth-order valence-electron chi connectivity index (χ4n) is 2.77. The van der Waals surface area contributed by atoms with Gasteiger partial charge in [-0.15, -0.1) is 0 Å². The standard InChI is InChI=1S/C16H25NO/c1-16(2,3)13-8-6-12(7-9-13)14-5-4-10-17-15(14)11-18/h6-9,14-15,17-18H,4-5,10-11H2,1-3H3. The lowest BCUT2D eigenvalue weighted by atomic mass is 9.82. The van der Waals surface area contributed by atoms with E-state index in [2.05, 4.69) is 50.4 Å². The molecule has 2 rings (SSSR count). The first kappa shape index (κ1) is 13.6. The van der Waals surface area contributed by atoms with Crippen molar-refractivity contribution in [2.45, 2.75) is 51.0 Å². The fraction of sp³-hybridized carbons (Fsp3) is 0.625. The Morgan fingerprint density at radius 2 is 1.89 bits per heavy atom. The maximum absolute atomic E-state index is 9.44. The molecule has 1 fully saturated rings. The summed E-state index contributed by atoms with van der Waals surface area (Å²) in [6.45, 7) is 7.97. The van der Waals surface area contributed by atoms with Crippen molar-refractivity contribution in [2.24, 2.45) is 0 Å². The minimum Gasteiger partial charge on any atom is -0.395 e. The third-order valence-corrected chi connectivity index (χ3v) is 3.99. The van der Waals surface area contributed by atoms with Crippen molar-refractivity contribution in [3.8, 4) is 0 Å². The molecule has 0 bridgehead atoms. The van der Waals surface area contributed by atoms with Gasteiger partial charge in [-0.1, -0.05) is 45.0 Å². The molecule has 1 aromatic rings. The van der Waals surface area contributed by atoms with Crippen LogP contribution in [0.1, 0.15) is 50.7 Å². The number of nitrogens with one attached hydrogen (secondary N) is 1. The van der Waals surface area contributed by atoms with Crippen molar-refractivity contribution in [1.82, 2.24) is 5.32 Å². The highest BCUT2D eigenvalue weighted by molar-refractivity contribution is 5.30. The van der Waals surface area contributed by atoms with E-state index in [0.717, 1.165) is 6.54 Å². The van der Waals surface area contributed by atoms with Gasteiger partial charge in [-0.05, 0) is 35.9 Å². The van der Waals surface area contributed by atoms with Gasteiger partial charge in [-0.3, -0.25) is 0 Å². The molecule has 2 atom stereocenters. The Labute approximate surface area is 110 Å². The zero-order valence-electron chi connectivity index (χ0n) is 11.7. The summed E-state index contributed by atoms with van der Waals surface area (Å²) >= 11 is 0. The Morgan fingerprint density at radius 1 is 1.22 bits per heavy atom. The normalized spacial score (nSPS) is 25.1. The summed E-state index contributed by atoms with van der Waals surface area (Å²) in [7, 11) is 0. The Morgan fingerprint density at radius 3 is 2.44 bits per heavy atom. The van der Waals surface area contributed by atoms with Gasteiger partial charge in [-0.25, -0.2) is 0 Å². The van der Waals surface area contributed by atoms with Gasteiger partial charge in [0.2, 0.25) is 0 Å². The average molecular weight is 247 g/mol. The van der Waals surface area contributed by atoms with Gasteiger partial charge < -0.3 is 10.4 Å². The monoisotopic (exact) mass is 247 g/mol. The molecule has 0 aromatic heterocycles. The van der Waals surface area contributed by atoms with Crippen molar-refractivity contribution in [2.75, 3.05) is 13.2 Å². The highest BCUT2D eigenvalue weighted by Crippen LogP contribution is 2.30. The minimum atomic E-state index is 0.208. The van der Waals surface area contributed by atoms with Crippen LogP contribution in [0.3, 0.4) is 0 Å². The van der Waals surface area contributed by atoms with E-state index in [1.165, 1.54) is 24.0 Å². The first-order valence-corrected chi connectivity index (χ1v) is 6.97. The lowest BCUT2D eigenvalue weighted by Crippen LogP contribution is -2.42. The Bertz CT molecular complexity index is 377. The lowest BCUT2D eigenvalue weighted by Gasteiger charge is -2.32. The average Bonchev–Trinajstić information content (AvgIpc) is 2.38. The van der Waals surface area contributed by atoms with E-state index in [-0.39, 0.29) is 18.1 Å². The van der Waals surface area contributed by atoms with Gasteiger partial charge in [0.15, 0.2) is 0 Å². The molecule has 2 N–H and O–H groups in total. The van der Waals surface area contributed by atoms with E-state index < -0.39 is 0 Å². The molecule has 0 saturated carbocycles. The van der Waals surface area contributed by atoms with Crippen LogP contribution >= 0.6 is 0 Å². The number of benzene rings is 1. The highest BCUT2D eigenvalue weighted by Gasteiger charge is 2.25. The van der Waals surface area contributed by atoms with Crippen molar-refractivity contribution < 1.29 is 5.11 Å². The Kier molecular flexibility index (Phi) is 4.08. The minimum absolute atomic E-state index is 0.208. The second-order valence-corrected chi connectivity index (χ2v) is 6.36. The van der Waals surface area contributed by atoms with Crippen molar-refractivity contribution in [3.05, 3.63) is 35.4 Å². The zero-order valence-corrected chi connectivity index (χ0v) is 11.7. The number of rotatable bonds is 2. The van der Waals surface area contributed by atoms with Crippen LogP contribution in [-0.2, 0) is 5.41 Å². The van der Waals surface area contributed by atoms with Gasteiger partial charge in [0, 0.05) is 12.0 Å². The molecule has 0 amide bonds. The van der Waals surface area contributed by atoms with E-state index in [1.807, 2.05) is 0 Å². The van der Waals surface area contributed by atoms with Gasteiger partial charge in [0.1, 0.15) is 0 Å². The predicted molar refractivity (Wildman–Crippen MR) is 76.0 cm³/mol. The van der Waals surface area contributed by atoms with Crippen LogP contribution in [0.5, 0.6) is 0 Å². The molecule has 18 heavy (non-hydrogen) atoms. The number of hydrogen-bond donors (Lipinski definition) is 2. The zero-order chi connectivity index (χ0) is 13.2. The smallest absolute Gasteiger partial charge is 0.0590 e. The third-order valence-electron chi connectivity index (χ3n) is 3.99. The summed E-state index contributed by atoms with van der Waals surface area (Å²) in [5.41, 5.74) is 2.93. The predicted octanol–water partition coefficient (Wildman–Crippen LogP) is 2.81. The molecule has 2 unspecified atom stereocenters. The second-order valence-electron chi connectivity index (χ2n) is 6.36. The number of hydrogen-bond acceptors (Lipinski definition) is 2. The molecule has 1 aromatic carbocycles. The molecule has 1 saturated heterocycles. The summed E-state index contributed by atoms with van der Waals surface area (Å²) in [6.07, 6.45) is 2.37. The first-order valence-electron chi connectivity index (χ1n) is 6.97. The van der Waals surface area contributed by atoms with Crippen LogP contribution in [0.25, 0.3) is 0 Å². The van der Waals surface area contributed by atoms with Crippen molar-refractivity contribution in [3.63, 3.8) is 0 Å². The SMILES string of the molecule is CC(C)(C)c1ccc(C2CCCNC2CO)cc1. The molecule has 1 heterocycles. The van der Waals surface area contributed by atoms with Crippen LogP contribution in [0, 0.1) is 0 Å². The molecule has 2 heteroatoms. The summed E-state index contributed by atoms with van der Waals surface area (Å²) < 4.78 is 0. The summed E-state index contributed by atoms with van der Waals surface area (Å²) in [5.74, 6) is 0.456. The summed E-state index contributed by atoms with van der Waals surface area (Å²) in [5, 5.41) is 12.9. The van der Waals surface area contributed by atoms with Crippen molar-refractivity contribution >= 4 is 0 Å². The quantitative estimate of drug-likeness (QED) is 0.842. The third kappa shape index (κ3) is 2.93. The lowest BCUT2D eigenvalue weighted by molar-refractivity contribution is 0.202. The maximum atomic E-state index is 9.44. The topological polar surface area (TPSA) is 32.3 Å². The first-order chi connectivity index (χ1) is 8.52. The molecule has 0 radical (unpaired) electrons. The van der Waals surface area contributed by atoms with E-state index in [4.69, 9.17) is 0 Å². The summed E-state index contributed by atoms with van der Waals surface area (Å²) in [4.78, 5) is 0. The number of aliphatic hydroxyl groups excluding tert-OH is 1. The Hall–Kier alpha value is -0.860. The molecule has 1 aliphatic heterocycles. The molecule has 1 aliphatic rings. The highest BCUT2D eigenvalue weighted by atomic mass is 16.3. The molecule has 100 valence electrons. The van der Waals surface area contributed by atoms with Crippen LogP contribution in [0.4, 0.5) is 0 Å². The van der Waals surface area contributed by atoms with Crippen LogP contribution in [-0.4, -0.2) is 24.3 Å². The summed E-state index contributed by atoms with van der Waals surface area (Å²) in [6, 6.07) is 9.16. The van der Waals surface area contributed by atoms with E-state index in [1.54, 1.807) is 0 Å². The van der Waals surface area contributed by atoms with Gasteiger partial charge in [0.25, 0.3) is 0 Å². The van der Waals surface area contributed by atoms with Crippen LogP contribution < -0.4 is 5.32 Å². The van der Waals surface area contributed by atoms with Crippen LogP contribution in [0.15, 0.2) is 24.3 Å². The largest absolute Gasteiger partial charge is 0.395 e. The van der Waals surface area contributed by atoms with E-state index >= 15 is 0 Å². The number of aliphatic hydroxyl groups is 1. The van der Waals surface area contributed by atoms with Gasteiger partial charge in [0.05, 0.1) is 6.61 Å². The van der Waals surface area contributed by atoms with Gasteiger partial charge >= 0.3 is 0 Å². The maximum Gasteiger partial charge on any atom is 0.0590 e. The second kappa shape index (κ2) is 5.41.